The molecule has 1 aliphatic heterocycles. The number of hydrogen-bond acceptors (Lipinski definition) is 8. The summed E-state index contributed by atoms with van der Waals surface area (Å²) in [5.74, 6) is -1.19. The van der Waals surface area contributed by atoms with E-state index in [4.69, 9.17) is 41.8 Å². The van der Waals surface area contributed by atoms with Gasteiger partial charge in [-0.3, -0.25) is 14.4 Å². The van der Waals surface area contributed by atoms with Gasteiger partial charge in [-0.1, -0.05) is 29.3 Å². The Balaban J connectivity index is 1.44. The Labute approximate surface area is 263 Å². The highest BCUT2D eigenvalue weighted by atomic mass is 35.5. The Hall–Kier alpha value is -4.74. The number of ether oxygens (including phenoxy) is 3. The van der Waals surface area contributed by atoms with Crippen molar-refractivity contribution in [3.05, 3.63) is 92.5 Å². The van der Waals surface area contributed by atoms with Gasteiger partial charge < -0.3 is 34.2 Å². The smallest absolute Gasteiger partial charge is 0.340 e. The van der Waals surface area contributed by atoms with Gasteiger partial charge in [-0.25, -0.2) is 4.79 Å². The highest BCUT2D eigenvalue weighted by Crippen LogP contribution is 2.33. The maximum Gasteiger partial charge on any atom is 0.340 e. The molecule has 0 fully saturated rings. The third-order valence-electron chi connectivity index (χ3n) is 6.69. The zero-order valence-corrected chi connectivity index (χ0v) is 25.8. The number of benzene rings is 2. The average Bonchev–Trinajstić information content (AvgIpc) is 3.54. The third-order valence-corrected chi connectivity index (χ3v) is 7.13. The van der Waals surface area contributed by atoms with Crippen molar-refractivity contribution in [1.29, 1.82) is 0 Å². The van der Waals surface area contributed by atoms with Crippen molar-refractivity contribution in [3.8, 4) is 11.5 Å². The summed E-state index contributed by atoms with van der Waals surface area (Å²) in [6, 6.07) is 13.0. The van der Waals surface area contributed by atoms with Crippen LogP contribution in [0.5, 0.6) is 11.5 Å². The first-order chi connectivity index (χ1) is 21.0. The second-order valence-electron chi connectivity index (χ2n) is 9.51. The number of esters is 1. The molecule has 2 N–H and O–H groups in total. The van der Waals surface area contributed by atoms with E-state index >= 15 is 0 Å². The van der Waals surface area contributed by atoms with Crippen LogP contribution in [0.15, 0.2) is 69.8 Å². The summed E-state index contributed by atoms with van der Waals surface area (Å²) in [7, 11) is 4.33. The van der Waals surface area contributed by atoms with Gasteiger partial charge in [-0.15, -0.1) is 0 Å². The number of nitrogens with one attached hydrogen (secondary N) is 2. The van der Waals surface area contributed by atoms with Crippen LogP contribution in [-0.2, 0) is 36.9 Å². The summed E-state index contributed by atoms with van der Waals surface area (Å²) >= 11 is 11.8. The maximum atomic E-state index is 13.5. The highest BCUT2D eigenvalue weighted by molar-refractivity contribution is 6.40. The van der Waals surface area contributed by atoms with Gasteiger partial charge in [-0.05, 0) is 67.4 Å². The van der Waals surface area contributed by atoms with Crippen molar-refractivity contribution in [2.75, 3.05) is 33.2 Å². The second kappa shape index (κ2) is 14.2. The number of amides is 3. The Bertz CT molecular complexity index is 1660. The van der Waals surface area contributed by atoms with Crippen LogP contribution in [-0.4, -0.2) is 56.5 Å². The Morgan fingerprint density at radius 3 is 2.30 bits per heavy atom. The van der Waals surface area contributed by atoms with Crippen LogP contribution in [0, 0.1) is 0 Å². The van der Waals surface area contributed by atoms with E-state index in [0.717, 1.165) is 5.56 Å². The van der Waals surface area contributed by atoms with Crippen molar-refractivity contribution < 1.29 is 37.8 Å². The predicted molar refractivity (Wildman–Crippen MR) is 163 cm³/mol. The molecule has 0 bridgehead atoms. The monoisotopic (exact) mass is 641 g/mol. The summed E-state index contributed by atoms with van der Waals surface area (Å²) in [6.45, 7) is 1.85. The summed E-state index contributed by atoms with van der Waals surface area (Å²) in [6.07, 6.45) is 1.92. The molecule has 0 aliphatic carbocycles. The number of methoxy groups -OCH3 is 3. The average molecular weight is 642 g/mol. The lowest BCUT2D eigenvalue weighted by atomic mass is 10.1. The number of carbonyl (C=O) groups is 4. The minimum atomic E-state index is -0.926. The zero-order chi connectivity index (χ0) is 32.0. The number of allylic oxidation sites excluding steroid dienone is 1. The van der Waals surface area contributed by atoms with Gasteiger partial charge >= 0.3 is 17.8 Å². The van der Waals surface area contributed by atoms with Crippen LogP contribution < -0.4 is 20.1 Å². The molecule has 2 aromatic carbocycles. The van der Waals surface area contributed by atoms with Crippen LogP contribution in [0.25, 0.3) is 6.08 Å². The lowest BCUT2D eigenvalue weighted by molar-refractivity contribution is -0.136. The standard InChI is InChI=1S/C31H29Cl2N3O8/c1-17-27(31(40)43-4)24(30(39)36(17)10-9-18-5-8-25(41-2)26(11-18)42-3)15-22-6-7-23(44-22)16-34-28(37)29(38)35-21-13-19(32)12-20(33)14-21/h5-8,11-15H,9-10,16H2,1-4H3,(H,34,37)(H,35,38)/b24-15-. The molecule has 2 heterocycles. The lowest BCUT2D eigenvalue weighted by Crippen LogP contribution is -2.34. The molecule has 11 nitrogen and oxygen atoms in total. The van der Waals surface area contributed by atoms with Gasteiger partial charge in [0, 0.05) is 28.0 Å². The van der Waals surface area contributed by atoms with Gasteiger partial charge in [0.15, 0.2) is 11.5 Å². The zero-order valence-electron chi connectivity index (χ0n) is 24.3. The number of carbonyl (C=O) groups excluding carboxylic acids is 4. The molecule has 0 atom stereocenters. The van der Waals surface area contributed by atoms with E-state index in [0.29, 0.717) is 39.4 Å². The quantitative estimate of drug-likeness (QED) is 0.183. The molecule has 13 heteroatoms. The van der Waals surface area contributed by atoms with Crippen molar-refractivity contribution in [2.24, 2.45) is 0 Å². The predicted octanol–water partition coefficient (Wildman–Crippen LogP) is 4.77. The molecular weight excluding hydrogens is 613 g/mol. The molecular formula is C31H29Cl2N3O8. The first kappa shape index (κ1) is 32.2. The van der Waals surface area contributed by atoms with Gasteiger partial charge in [0.25, 0.3) is 5.91 Å². The maximum absolute atomic E-state index is 13.5. The molecule has 0 unspecified atom stereocenters. The van der Waals surface area contributed by atoms with Crippen molar-refractivity contribution >= 4 is 58.7 Å². The molecule has 230 valence electrons. The van der Waals surface area contributed by atoms with E-state index < -0.39 is 23.7 Å². The van der Waals surface area contributed by atoms with Gasteiger partial charge in [-0.2, -0.15) is 0 Å². The molecule has 4 rings (SSSR count). The van der Waals surface area contributed by atoms with Crippen LogP contribution in [0.4, 0.5) is 5.69 Å². The number of hydrogen-bond donors (Lipinski definition) is 2. The summed E-state index contributed by atoms with van der Waals surface area (Å²) in [5, 5.41) is 5.47. The fourth-order valence-electron chi connectivity index (χ4n) is 4.55. The van der Waals surface area contributed by atoms with E-state index in [9.17, 15) is 19.2 Å². The molecule has 0 saturated heterocycles. The first-order valence-corrected chi connectivity index (χ1v) is 14.0. The third kappa shape index (κ3) is 7.42. The van der Waals surface area contributed by atoms with E-state index in [-0.39, 0.29) is 35.7 Å². The minimum Gasteiger partial charge on any atom is -0.493 e. The number of rotatable bonds is 10. The van der Waals surface area contributed by atoms with Crippen LogP contribution in [0.1, 0.15) is 24.0 Å². The largest absolute Gasteiger partial charge is 0.493 e. The van der Waals surface area contributed by atoms with Gasteiger partial charge in [0.1, 0.15) is 11.5 Å². The van der Waals surface area contributed by atoms with E-state index in [1.54, 1.807) is 39.3 Å². The number of anilines is 1. The van der Waals surface area contributed by atoms with E-state index in [1.165, 1.54) is 36.3 Å². The number of furan rings is 1. The van der Waals surface area contributed by atoms with Crippen molar-refractivity contribution in [1.82, 2.24) is 10.2 Å². The molecule has 44 heavy (non-hydrogen) atoms. The Kier molecular flexibility index (Phi) is 10.4. The topological polar surface area (TPSA) is 136 Å². The van der Waals surface area contributed by atoms with Crippen LogP contribution in [0.3, 0.4) is 0 Å². The van der Waals surface area contributed by atoms with E-state index in [1.807, 2.05) is 12.1 Å². The second-order valence-corrected chi connectivity index (χ2v) is 10.4. The van der Waals surface area contributed by atoms with Crippen molar-refractivity contribution in [2.45, 2.75) is 19.9 Å². The molecule has 3 aromatic rings. The molecule has 0 spiro atoms. The molecule has 1 aliphatic rings. The normalized spacial score (nSPS) is 13.7. The lowest BCUT2D eigenvalue weighted by Gasteiger charge is -2.18. The Morgan fingerprint density at radius 2 is 1.64 bits per heavy atom. The molecule has 1 aromatic heterocycles. The fraction of sp³-hybridized carbons (Fsp3) is 0.226. The summed E-state index contributed by atoms with van der Waals surface area (Å²) in [4.78, 5) is 52.3. The van der Waals surface area contributed by atoms with E-state index in [2.05, 4.69) is 10.6 Å². The van der Waals surface area contributed by atoms with Gasteiger partial charge in [0.2, 0.25) is 0 Å². The first-order valence-electron chi connectivity index (χ1n) is 13.2. The summed E-state index contributed by atoms with van der Waals surface area (Å²) < 4.78 is 21.4. The number of nitrogens with zero attached hydrogens (tertiary/aromatic N) is 1. The molecule has 0 radical (unpaired) electrons. The SMILES string of the molecule is COC(=O)C1=C(C)N(CCc2ccc(OC)c(OC)c2)C(=O)/C1=C\c1ccc(CNC(=O)C(=O)Nc2cc(Cl)cc(Cl)c2)o1. The van der Waals surface area contributed by atoms with Crippen molar-refractivity contribution in [3.63, 3.8) is 0 Å². The number of halogens is 2. The Morgan fingerprint density at radius 1 is 0.932 bits per heavy atom. The molecule has 0 saturated carbocycles. The van der Waals surface area contributed by atoms with Crippen LogP contribution in [0.2, 0.25) is 10.0 Å². The fourth-order valence-corrected chi connectivity index (χ4v) is 5.07. The summed E-state index contributed by atoms with van der Waals surface area (Å²) in [5.41, 5.74) is 1.83. The van der Waals surface area contributed by atoms with Crippen LogP contribution >= 0.6 is 23.2 Å². The molecule has 3 amide bonds. The minimum absolute atomic E-state index is 0.103. The highest BCUT2D eigenvalue weighted by Gasteiger charge is 2.37. The van der Waals surface area contributed by atoms with Gasteiger partial charge in [0.05, 0.1) is 39.0 Å².